The van der Waals surface area contributed by atoms with Gasteiger partial charge in [0, 0.05) is 25.7 Å². The van der Waals surface area contributed by atoms with Crippen LogP contribution in [0.3, 0.4) is 0 Å². The second-order valence-electron chi connectivity index (χ2n) is 26.7. The number of aliphatic hydroxyl groups excluding tert-OH is 1. The van der Waals surface area contributed by atoms with Gasteiger partial charge in [-0.3, -0.25) is 37.3 Å². The number of rotatable bonds is 71. The van der Waals surface area contributed by atoms with Gasteiger partial charge < -0.3 is 33.8 Å². The third-order valence-corrected chi connectivity index (χ3v) is 19.0. The van der Waals surface area contributed by atoms with E-state index in [2.05, 4.69) is 41.5 Å². The molecule has 19 heteroatoms. The van der Waals surface area contributed by atoms with E-state index in [4.69, 9.17) is 37.0 Å². The first kappa shape index (κ1) is 89.1. The molecule has 0 aromatic carbocycles. The maximum Gasteiger partial charge on any atom is 0.472 e. The van der Waals surface area contributed by atoms with Crippen molar-refractivity contribution in [2.24, 2.45) is 11.8 Å². The molecule has 0 fully saturated rings. The lowest BCUT2D eigenvalue weighted by molar-refractivity contribution is -0.161. The van der Waals surface area contributed by atoms with Crippen molar-refractivity contribution >= 4 is 39.5 Å². The molecule has 0 aromatic rings. The van der Waals surface area contributed by atoms with Gasteiger partial charge in [0.25, 0.3) is 0 Å². The van der Waals surface area contributed by atoms with Crippen molar-refractivity contribution in [3.8, 4) is 0 Å². The zero-order chi connectivity index (χ0) is 67.2. The molecule has 0 heterocycles. The highest BCUT2D eigenvalue weighted by molar-refractivity contribution is 7.47. The lowest BCUT2D eigenvalue weighted by Crippen LogP contribution is -2.30. The van der Waals surface area contributed by atoms with Crippen molar-refractivity contribution in [1.82, 2.24) is 0 Å². The van der Waals surface area contributed by atoms with Crippen molar-refractivity contribution in [2.75, 3.05) is 39.6 Å². The number of hydrogen-bond acceptors (Lipinski definition) is 15. The quantitative estimate of drug-likeness (QED) is 0.0222. The highest BCUT2D eigenvalue weighted by atomic mass is 31.2. The van der Waals surface area contributed by atoms with Crippen molar-refractivity contribution in [3.63, 3.8) is 0 Å². The Bertz CT molecular complexity index is 1770. The molecule has 0 rings (SSSR count). The topological polar surface area (TPSA) is 237 Å². The number of carbonyl (C=O) groups is 4. The summed E-state index contributed by atoms with van der Waals surface area (Å²) in [6, 6.07) is 0. The van der Waals surface area contributed by atoms with E-state index in [1.54, 1.807) is 0 Å². The summed E-state index contributed by atoms with van der Waals surface area (Å²) in [7, 11) is -9.90. The Labute approximate surface area is 556 Å². The minimum Gasteiger partial charge on any atom is -0.462 e. The molecule has 17 nitrogen and oxygen atoms in total. The number of carbonyl (C=O) groups excluding carboxylic acids is 4. The van der Waals surface area contributed by atoms with Crippen molar-refractivity contribution in [1.29, 1.82) is 0 Å². The molecule has 540 valence electrons. The van der Waals surface area contributed by atoms with E-state index >= 15 is 0 Å². The van der Waals surface area contributed by atoms with E-state index in [0.717, 1.165) is 115 Å². The number of aliphatic hydroxyl groups is 1. The van der Waals surface area contributed by atoms with Gasteiger partial charge in [-0.05, 0) is 37.5 Å². The molecular formula is C72H140O17P2. The van der Waals surface area contributed by atoms with E-state index in [0.29, 0.717) is 25.7 Å². The molecule has 0 bridgehead atoms. The Balaban J connectivity index is 5.19. The average molecular weight is 1340 g/mol. The van der Waals surface area contributed by atoms with Gasteiger partial charge in [0.2, 0.25) is 0 Å². The minimum atomic E-state index is -4.95. The molecule has 3 unspecified atom stereocenters. The number of phosphoric acid groups is 2. The van der Waals surface area contributed by atoms with Gasteiger partial charge in [-0.25, -0.2) is 9.13 Å². The van der Waals surface area contributed by atoms with Crippen LogP contribution in [0.2, 0.25) is 0 Å². The third-order valence-electron chi connectivity index (χ3n) is 17.1. The van der Waals surface area contributed by atoms with Crippen molar-refractivity contribution in [2.45, 2.75) is 387 Å². The van der Waals surface area contributed by atoms with Gasteiger partial charge >= 0.3 is 39.5 Å². The molecule has 0 saturated carbocycles. The Morgan fingerprint density at radius 2 is 0.560 bits per heavy atom. The molecule has 0 saturated heterocycles. The zero-order valence-corrected chi connectivity index (χ0v) is 60.9. The predicted octanol–water partition coefficient (Wildman–Crippen LogP) is 20.8. The lowest BCUT2D eigenvalue weighted by Gasteiger charge is -2.21. The first-order valence-electron chi connectivity index (χ1n) is 37.5. The molecule has 0 aliphatic carbocycles. The van der Waals surface area contributed by atoms with Crippen LogP contribution in [0.5, 0.6) is 0 Å². The van der Waals surface area contributed by atoms with E-state index in [-0.39, 0.29) is 25.7 Å². The molecule has 91 heavy (non-hydrogen) atoms. The SMILES string of the molecule is CCCCCCCCCCCCC(=O)O[C@H](COC(=O)CCCCCCCCC)COP(=O)(O)OC[C@H](O)COP(=O)(O)OC[C@@H](COC(=O)CCCCCCCCCCCCCCCC(C)C)OC(=O)CCCCCCCCCCCCCCCCC(C)CC. The molecule has 6 atom stereocenters. The number of ether oxygens (including phenoxy) is 4. The van der Waals surface area contributed by atoms with E-state index in [1.165, 1.54) is 173 Å². The summed E-state index contributed by atoms with van der Waals surface area (Å²) >= 11 is 0. The Kier molecular flexibility index (Phi) is 62.7. The summed E-state index contributed by atoms with van der Waals surface area (Å²) in [5.74, 6) is -0.488. The minimum absolute atomic E-state index is 0.106. The second kappa shape index (κ2) is 64.1. The summed E-state index contributed by atoms with van der Waals surface area (Å²) < 4.78 is 68.2. The van der Waals surface area contributed by atoms with E-state index in [1.807, 2.05) is 0 Å². The maximum atomic E-state index is 13.0. The fraction of sp³-hybridized carbons (Fsp3) is 0.944. The predicted molar refractivity (Wildman–Crippen MR) is 368 cm³/mol. The first-order chi connectivity index (χ1) is 43.9. The average Bonchev–Trinajstić information content (AvgIpc) is 2.76. The van der Waals surface area contributed by atoms with E-state index in [9.17, 15) is 43.2 Å². The first-order valence-corrected chi connectivity index (χ1v) is 40.5. The molecule has 0 spiro atoms. The smallest absolute Gasteiger partial charge is 0.462 e. The van der Waals surface area contributed by atoms with Crippen LogP contribution in [-0.2, 0) is 65.4 Å². The number of phosphoric ester groups is 2. The van der Waals surface area contributed by atoms with Gasteiger partial charge in [-0.2, -0.15) is 0 Å². The molecule has 0 aliphatic heterocycles. The zero-order valence-electron chi connectivity index (χ0n) is 59.1. The number of esters is 4. The van der Waals surface area contributed by atoms with Crippen LogP contribution in [0, 0.1) is 11.8 Å². The maximum absolute atomic E-state index is 13.0. The van der Waals surface area contributed by atoms with Crippen LogP contribution < -0.4 is 0 Å². The third kappa shape index (κ3) is 65.1. The van der Waals surface area contributed by atoms with Crippen LogP contribution in [0.4, 0.5) is 0 Å². The summed E-state index contributed by atoms with van der Waals surface area (Å²) in [5, 5.41) is 10.6. The highest BCUT2D eigenvalue weighted by Crippen LogP contribution is 2.45. The Morgan fingerprint density at radius 3 is 0.835 bits per heavy atom. The second-order valence-corrected chi connectivity index (χ2v) is 29.6. The largest absolute Gasteiger partial charge is 0.472 e. The van der Waals surface area contributed by atoms with Gasteiger partial charge in [0.1, 0.15) is 19.3 Å². The van der Waals surface area contributed by atoms with Crippen molar-refractivity contribution in [3.05, 3.63) is 0 Å². The molecule has 0 amide bonds. The summed E-state index contributed by atoms with van der Waals surface area (Å²) in [4.78, 5) is 72.5. The van der Waals surface area contributed by atoms with Crippen LogP contribution in [0.25, 0.3) is 0 Å². The van der Waals surface area contributed by atoms with Gasteiger partial charge in [0.05, 0.1) is 26.4 Å². The monoisotopic (exact) mass is 1340 g/mol. The highest BCUT2D eigenvalue weighted by Gasteiger charge is 2.30. The lowest BCUT2D eigenvalue weighted by atomic mass is 9.99. The number of hydrogen-bond donors (Lipinski definition) is 3. The summed E-state index contributed by atoms with van der Waals surface area (Å²) in [6.07, 6.45) is 50.0. The van der Waals surface area contributed by atoms with Gasteiger partial charge in [-0.1, -0.05) is 318 Å². The molecule has 0 aromatic heterocycles. The summed E-state index contributed by atoms with van der Waals surface area (Å²) in [6.45, 7) is 9.59. The molecule has 3 N–H and O–H groups in total. The Morgan fingerprint density at radius 1 is 0.319 bits per heavy atom. The van der Waals surface area contributed by atoms with Crippen LogP contribution >= 0.6 is 15.6 Å². The fourth-order valence-corrected chi connectivity index (χ4v) is 12.5. The molecule has 0 radical (unpaired) electrons. The molecular weight excluding hydrogens is 1200 g/mol. The fourth-order valence-electron chi connectivity index (χ4n) is 10.9. The molecule has 0 aliphatic rings. The number of unbranched alkanes of at least 4 members (excludes halogenated alkanes) is 40. The Hall–Kier alpha value is -1.94. The standard InChI is InChI=1S/C72H140O17P2/c1-7-10-12-14-16-17-31-38-44-50-56-71(76)88-67(60-82-69(74)54-48-42-34-15-13-11-8-2)62-86-90(78,79)84-58-66(73)59-85-91(80,81)87-63-68(61-83-70(75)55-49-43-37-32-27-24-20-21-25-29-35-40-46-52-64(4)5)89-72(77)57-51-45-39-33-28-23-19-18-22-26-30-36-41-47-53-65(6)9-3/h64-68,73H,7-63H2,1-6H3,(H,78,79)(H,80,81)/t65?,66-,67+,68+/m0/s1. The van der Waals surface area contributed by atoms with Crippen LogP contribution in [0.15, 0.2) is 0 Å². The van der Waals surface area contributed by atoms with Crippen molar-refractivity contribution < 1.29 is 80.2 Å². The normalized spacial score (nSPS) is 14.4. The van der Waals surface area contributed by atoms with E-state index < -0.39 is 97.5 Å². The summed E-state index contributed by atoms with van der Waals surface area (Å²) in [5.41, 5.74) is 0. The van der Waals surface area contributed by atoms with Gasteiger partial charge in [-0.15, -0.1) is 0 Å². The van der Waals surface area contributed by atoms with Crippen LogP contribution in [-0.4, -0.2) is 96.7 Å². The van der Waals surface area contributed by atoms with Gasteiger partial charge in [0.15, 0.2) is 12.2 Å². The van der Waals surface area contributed by atoms with Crippen LogP contribution in [0.1, 0.15) is 369 Å².